The first-order chi connectivity index (χ1) is 9.92. The van der Waals surface area contributed by atoms with Crippen molar-refractivity contribution < 1.29 is 0 Å². The number of likely N-dealkylation sites (tertiary alicyclic amines) is 2. The summed E-state index contributed by atoms with van der Waals surface area (Å²) in [4.78, 5) is 5.48. The minimum absolute atomic E-state index is 0.885. The predicted octanol–water partition coefficient (Wildman–Crippen LogP) is 2.47. The van der Waals surface area contributed by atoms with E-state index in [-0.39, 0.29) is 0 Å². The van der Waals surface area contributed by atoms with Gasteiger partial charge in [-0.3, -0.25) is 0 Å². The second-order valence-corrected chi connectivity index (χ2v) is 7.10. The van der Waals surface area contributed by atoms with Gasteiger partial charge < -0.3 is 15.1 Å². The van der Waals surface area contributed by atoms with Gasteiger partial charge in [0.1, 0.15) is 0 Å². The summed E-state index contributed by atoms with van der Waals surface area (Å²) < 4.78 is 0. The third-order valence-electron chi connectivity index (χ3n) is 5.38. The first-order valence-electron chi connectivity index (χ1n) is 9.11. The molecule has 1 N–H and O–H groups in total. The smallest absolute Gasteiger partial charge is 0.0120 e. The van der Waals surface area contributed by atoms with Crippen LogP contribution in [0, 0.1) is 0 Å². The van der Waals surface area contributed by atoms with Gasteiger partial charge in [-0.2, -0.15) is 0 Å². The molecule has 0 spiro atoms. The van der Waals surface area contributed by atoms with Gasteiger partial charge in [0, 0.05) is 12.1 Å². The van der Waals surface area contributed by atoms with Gasteiger partial charge in [-0.05, 0) is 90.6 Å². The molecule has 0 radical (unpaired) electrons. The summed E-state index contributed by atoms with van der Waals surface area (Å²) in [7, 11) is 0. The molecular weight excluding hydrogens is 246 g/mol. The molecule has 3 heteroatoms. The molecule has 1 saturated carbocycles. The average molecular weight is 279 g/mol. The highest BCUT2D eigenvalue weighted by Crippen LogP contribution is 2.21. The molecule has 2 aliphatic heterocycles. The van der Waals surface area contributed by atoms with Gasteiger partial charge in [0.05, 0.1) is 0 Å². The Morgan fingerprint density at radius 3 is 2.25 bits per heavy atom. The van der Waals surface area contributed by atoms with Gasteiger partial charge in [0.25, 0.3) is 0 Å². The van der Waals surface area contributed by atoms with Crippen molar-refractivity contribution in [1.29, 1.82) is 0 Å². The standard InChI is InChI=1S/C17H33N3/c1-3-12-20(13-4-1)17-8-14-19(15-9-17)11-5-2-10-18-16-6-7-16/h16-18H,1-15H2. The largest absolute Gasteiger partial charge is 0.314 e. The van der Waals surface area contributed by atoms with E-state index in [1.807, 2.05) is 0 Å². The van der Waals surface area contributed by atoms with Crippen molar-refractivity contribution in [2.24, 2.45) is 0 Å². The van der Waals surface area contributed by atoms with Crippen LogP contribution >= 0.6 is 0 Å². The van der Waals surface area contributed by atoms with E-state index in [4.69, 9.17) is 0 Å². The Bertz CT molecular complexity index is 263. The molecule has 0 aromatic rings. The summed E-state index contributed by atoms with van der Waals surface area (Å²) >= 11 is 0. The topological polar surface area (TPSA) is 18.5 Å². The van der Waals surface area contributed by atoms with Crippen molar-refractivity contribution in [3.63, 3.8) is 0 Å². The van der Waals surface area contributed by atoms with Crippen molar-refractivity contribution in [3.8, 4) is 0 Å². The molecule has 0 aromatic heterocycles. The van der Waals surface area contributed by atoms with E-state index in [1.54, 1.807) is 0 Å². The fraction of sp³-hybridized carbons (Fsp3) is 1.00. The zero-order valence-electron chi connectivity index (χ0n) is 13.2. The van der Waals surface area contributed by atoms with Crippen molar-refractivity contribution >= 4 is 0 Å². The van der Waals surface area contributed by atoms with Crippen molar-refractivity contribution in [2.75, 3.05) is 39.3 Å². The van der Waals surface area contributed by atoms with Gasteiger partial charge >= 0.3 is 0 Å². The zero-order valence-corrected chi connectivity index (χ0v) is 13.2. The third kappa shape index (κ3) is 4.71. The van der Waals surface area contributed by atoms with Crippen LogP contribution in [0.2, 0.25) is 0 Å². The Hall–Kier alpha value is -0.120. The normalized spacial score (nSPS) is 27.0. The highest BCUT2D eigenvalue weighted by Gasteiger charge is 2.25. The van der Waals surface area contributed by atoms with E-state index in [2.05, 4.69) is 15.1 Å². The van der Waals surface area contributed by atoms with E-state index >= 15 is 0 Å². The summed E-state index contributed by atoms with van der Waals surface area (Å²) in [5.74, 6) is 0. The monoisotopic (exact) mass is 279 g/mol. The molecule has 0 amide bonds. The molecular formula is C17H33N3. The quantitative estimate of drug-likeness (QED) is 0.722. The summed E-state index contributed by atoms with van der Waals surface area (Å²) in [6.45, 7) is 8.01. The Balaban J connectivity index is 1.24. The highest BCUT2D eigenvalue weighted by atomic mass is 15.2. The van der Waals surface area contributed by atoms with Gasteiger partial charge in [-0.1, -0.05) is 6.42 Å². The minimum atomic E-state index is 0.885. The lowest BCUT2D eigenvalue weighted by Crippen LogP contribution is -2.46. The second kappa shape index (κ2) is 7.77. The SMILES string of the molecule is C1CCN(C2CCN(CCCCNC3CC3)CC2)CC1. The zero-order chi connectivity index (χ0) is 13.6. The van der Waals surface area contributed by atoms with E-state index < -0.39 is 0 Å². The number of nitrogens with one attached hydrogen (secondary N) is 1. The van der Waals surface area contributed by atoms with E-state index in [0.29, 0.717) is 0 Å². The van der Waals surface area contributed by atoms with Crippen molar-refractivity contribution in [3.05, 3.63) is 0 Å². The van der Waals surface area contributed by atoms with Crippen LogP contribution in [-0.2, 0) is 0 Å². The van der Waals surface area contributed by atoms with Gasteiger partial charge in [0.2, 0.25) is 0 Å². The first kappa shape index (κ1) is 14.8. The molecule has 2 heterocycles. The molecule has 3 rings (SSSR count). The molecule has 0 atom stereocenters. The van der Waals surface area contributed by atoms with Crippen LogP contribution in [-0.4, -0.2) is 61.2 Å². The van der Waals surface area contributed by atoms with Crippen LogP contribution < -0.4 is 5.32 Å². The van der Waals surface area contributed by atoms with Crippen LogP contribution in [0.25, 0.3) is 0 Å². The van der Waals surface area contributed by atoms with Crippen LogP contribution in [0.4, 0.5) is 0 Å². The lowest BCUT2D eigenvalue weighted by molar-refractivity contribution is 0.0919. The number of unbranched alkanes of at least 4 members (excludes halogenated alkanes) is 1. The van der Waals surface area contributed by atoms with Crippen LogP contribution in [0.3, 0.4) is 0 Å². The minimum Gasteiger partial charge on any atom is -0.314 e. The number of hydrogen-bond acceptors (Lipinski definition) is 3. The molecule has 2 saturated heterocycles. The fourth-order valence-electron chi connectivity index (χ4n) is 3.85. The molecule has 116 valence electrons. The summed E-state index contributed by atoms with van der Waals surface area (Å²) in [5, 5.41) is 3.62. The predicted molar refractivity (Wildman–Crippen MR) is 85.1 cm³/mol. The van der Waals surface area contributed by atoms with Gasteiger partial charge in [-0.25, -0.2) is 0 Å². The lowest BCUT2D eigenvalue weighted by Gasteiger charge is -2.40. The maximum absolute atomic E-state index is 3.62. The Kier molecular flexibility index (Phi) is 5.75. The first-order valence-corrected chi connectivity index (χ1v) is 9.11. The summed E-state index contributed by atoms with van der Waals surface area (Å²) in [6, 6.07) is 1.79. The molecule has 1 aliphatic carbocycles. The van der Waals surface area contributed by atoms with Crippen LogP contribution in [0.5, 0.6) is 0 Å². The Morgan fingerprint density at radius 1 is 0.800 bits per heavy atom. The summed E-state index contributed by atoms with van der Waals surface area (Å²) in [5.41, 5.74) is 0. The Morgan fingerprint density at radius 2 is 1.55 bits per heavy atom. The Labute approximate surface area is 125 Å². The van der Waals surface area contributed by atoms with Gasteiger partial charge in [0.15, 0.2) is 0 Å². The number of rotatable bonds is 7. The van der Waals surface area contributed by atoms with Crippen molar-refractivity contribution in [2.45, 2.75) is 69.9 Å². The second-order valence-electron chi connectivity index (χ2n) is 7.10. The lowest BCUT2D eigenvalue weighted by atomic mass is 10.00. The molecule has 3 fully saturated rings. The van der Waals surface area contributed by atoms with Gasteiger partial charge in [-0.15, -0.1) is 0 Å². The molecule has 0 bridgehead atoms. The molecule has 3 aliphatic rings. The maximum atomic E-state index is 3.62. The highest BCUT2D eigenvalue weighted by molar-refractivity contribution is 4.82. The molecule has 0 aromatic carbocycles. The van der Waals surface area contributed by atoms with Crippen LogP contribution in [0.1, 0.15) is 57.8 Å². The average Bonchev–Trinajstić information content (AvgIpc) is 3.33. The summed E-state index contributed by atoms with van der Waals surface area (Å²) in [6.07, 6.45) is 12.8. The molecule has 20 heavy (non-hydrogen) atoms. The van der Waals surface area contributed by atoms with E-state index in [9.17, 15) is 0 Å². The number of nitrogens with zero attached hydrogens (tertiary/aromatic N) is 2. The third-order valence-corrected chi connectivity index (χ3v) is 5.38. The van der Waals surface area contributed by atoms with Crippen molar-refractivity contribution in [1.82, 2.24) is 15.1 Å². The number of piperidine rings is 2. The number of hydrogen-bond donors (Lipinski definition) is 1. The van der Waals surface area contributed by atoms with E-state index in [0.717, 1.165) is 12.1 Å². The van der Waals surface area contributed by atoms with Crippen LogP contribution in [0.15, 0.2) is 0 Å². The molecule has 0 unspecified atom stereocenters. The molecule has 3 nitrogen and oxygen atoms in total. The fourth-order valence-corrected chi connectivity index (χ4v) is 3.85. The maximum Gasteiger partial charge on any atom is 0.0120 e. The van der Waals surface area contributed by atoms with E-state index in [1.165, 1.54) is 97.1 Å².